The molecule has 3 amide bonds. The lowest BCUT2D eigenvalue weighted by atomic mass is 10.0. The van der Waals surface area contributed by atoms with Crippen LogP contribution in [-0.2, 0) is 25.6 Å². The number of carbonyl (C=O) groups excluding carboxylic acids is 3. The van der Waals surface area contributed by atoms with Crippen molar-refractivity contribution in [2.24, 2.45) is 11.7 Å². The first-order chi connectivity index (χ1) is 15.0. The van der Waals surface area contributed by atoms with Gasteiger partial charge in [0, 0.05) is 18.3 Å². The zero-order chi connectivity index (χ0) is 24.3. The monoisotopic (exact) mass is 470 g/mol. The quantitative estimate of drug-likeness (QED) is 0.213. The van der Waals surface area contributed by atoms with E-state index < -0.39 is 47.9 Å². The number of amides is 3. The molecule has 1 rings (SSSR count). The van der Waals surface area contributed by atoms with Gasteiger partial charge >= 0.3 is 5.97 Å². The van der Waals surface area contributed by atoms with Crippen molar-refractivity contribution < 1.29 is 24.3 Å². The summed E-state index contributed by atoms with van der Waals surface area (Å²) in [4.78, 5) is 56.1. The molecule has 0 saturated heterocycles. The van der Waals surface area contributed by atoms with Gasteiger partial charge in [-0.25, -0.2) is 4.98 Å². The Bertz CT molecular complexity index is 758. The maximum Gasteiger partial charge on any atom is 0.325 e. The number of rotatable bonds is 14. The number of aliphatic carboxylic acids is 1. The van der Waals surface area contributed by atoms with Gasteiger partial charge in [0.15, 0.2) is 0 Å². The number of hydrogen-bond donors (Lipinski definition) is 6. The lowest BCUT2D eigenvalue weighted by Gasteiger charge is -2.25. The van der Waals surface area contributed by atoms with Crippen molar-refractivity contribution in [1.29, 1.82) is 0 Å². The van der Waals surface area contributed by atoms with E-state index in [1.54, 1.807) is 11.8 Å². The fourth-order valence-electron chi connectivity index (χ4n) is 2.83. The lowest BCUT2D eigenvalue weighted by molar-refractivity contribution is -0.141. The van der Waals surface area contributed by atoms with Gasteiger partial charge in [0.1, 0.15) is 18.1 Å². The molecule has 0 aliphatic carbocycles. The van der Waals surface area contributed by atoms with E-state index in [-0.39, 0.29) is 12.3 Å². The van der Waals surface area contributed by atoms with Crippen LogP contribution >= 0.6 is 11.8 Å². The number of aromatic nitrogens is 2. The standard InChI is InChI=1S/C20H34N6O5S/c1-11(2)7-15(18(28)24-12(3)20(30)31)26-19(29)16(8-13-9-22-10-23-13)25-17(27)14(21)5-6-32-4/h9-12,14-16H,5-8,21H2,1-4H3,(H,22,23)(H,24,28)(H,25,27)(H,26,29)(H,30,31). The lowest BCUT2D eigenvalue weighted by Crippen LogP contribution is -2.57. The summed E-state index contributed by atoms with van der Waals surface area (Å²) in [5, 5.41) is 16.7. The number of aromatic amines is 1. The summed E-state index contributed by atoms with van der Waals surface area (Å²) in [6, 6.07) is -3.84. The minimum absolute atomic E-state index is 0.0480. The van der Waals surface area contributed by atoms with Crippen LogP contribution in [0.2, 0.25) is 0 Å². The molecule has 4 unspecified atom stereocenters. The zero-order valence-electron chi connectivity index (χ0n) is 18.9. The number of hydrogen-bond acceptors (Lipinski definition) is 7. The number of carboxylic acid groups (broad SMARTS) is 1. The van der Waals surface area contributed by atoms with Crippen LogP contribution in [0, 0.1) is 5.92 Å². The molecule has 0 radical (unpaired) electrons. The maximum atomic E-state index is 13.1. The van der Waals surface area contributed by atoms with Gasteiger partial charge in [0.25, 0.3) is 0 Å². The average molecular weight is 471 g/mol. The molecule has 0 aromatic carbocycles. The molecule has 0 bridgehead atoms. The van der Waals surface area contributed by atoms with Crippen LogP contribution in [0.15, 0.2) is 12.5 Å². The van der Waals surface area contributed by atoms with Gasteiger partial charge in [-0.3, -0.25) is 19.2 Å². The van der Waals surface area contributed by atoms with Crippen LogP contribution in [-0.4, -0.2) is 74.9 Å². The second-order valence-electron chi connectivity index (χ2n) is 7.99. The minimum atomic E-state index is -1.18. The van der Waals surface area contributed by atoms with Gasteiger partial charge in [-0.05, 0) is 37.7 Å². The van der Waals surface area contributed by atoms with Crippen molar-refractivity contribution in [3.8, 4) is 0 Å². The second kappa shape index (κ2) is 13.7. The molecule has 1 heterocycles. The number of H-pyrrole nitrogens is 1. The van der Waals surface area contributed by atoms with Crippen molar-refractivity contribution in [2.45, 2.75) is 64.2 Å². The molecule has 11 nitrogen and oxygen atoms in total. The first-order valence-electron chi connectivity index (χ1n) is 10.4. The third-order valence-electron chi connectivity index (χ3n) is 4.65. The Labute approximate surface area is 192 Å². The highest BCUT2D eigenvalue weighted by Crippen LogP contribution is 2.08. The number of nitrogens with one attached hydrogen (secondary N) is 4. The first-order valence-corrected chi connectivity index (χ1v) is 11.8. The molecule has 1 aromatic heterocycles. The van der Waals surface area contributed by atoms with E-state index in [0.29, 0.717) is 24.3 Å². The average Bonchev–Trinajstić information content (AvgIpc) is 3.23. The number of carbonyl (C=O) groups is 4. The summed E-state index contributed by atoms with van der Waals surface area (Å²) in [5.74, 6) is -2.09. The molecule has 12 heteroatoms. The van der Waals surface area contributed by atoms with Crippen molar-refractivity contribution in [1.82, 2.24) is 25.9 Å². The van der Waals surface area contributed by atoms with Crippen LogP contribution in [0.1, 0.15) is 39.3 Å². The second-order valence-corrected chi connectivity index (χ2v) is 8.97. The van der Waals surface area contributed by atoms with Crippen molar-refractivity contribution >= 4 is 35.5 Å². The van der Waals surface area contributed by atoms with Crippen LogP contribution in [0.3, 0.4) is 0 Å². The van der Waals surface area contributed by atoms with Gasteiger partial charge in [-0.15, -0.1) is 0 Å². The molecule has 1 aromatic rings. The molecule has 0 saturated carbocycles. The van der Waals surface area contributed by atoms with Gasteiger partial charge in [-0.2, -0.15) is 11.8 Å². The Morgan fingerprint density at radius 2 is 1.72 bits per heavy atom. The third-order valence-corrected chi connectivity index (χ3v) is 5.29. The molecule has 7 N–H and O–H groups in total. The third kappa shape index (κ3) is 9.69. The number of nitrogens with zero attached hydrogens (tertiary/aromatic N) is 1. The predicted octanol–water partition coefficient (Wildman–Crippen LogP) is -0.362. The van der Waals surface area contributed by atoms with Gasteiger partial charge in [-0.1, -0.05) is 13.8 Å². The molecule has 0 fully saturated rings. The Morgan fingerprint density at radius 1 is 1.09 bits per heavy atom. The van der Waals surface area contributed by atoms with E-state index >= 15 is 0 Å². The topological polar surface area (TPSA) is 179 Å². The summed E-state index contributed by atoms with van der Waals surface area (Å²) >= 11 is 1.56. The molecule has 0 aliphatic heterocycles. The fourth-order valence-corrected chi connectivity index (χ4v) is 3.32. The summed E-state index contributed by atoms with van der Waals surface area (Å²) in [6.45, 7) is 5.09. The van der Waals surface area contributed by atoms with Crippen molar-refractivity contribution in [3.05, 3.63) is 18.2 Å². The van der Waals surface area contributed by atoms with Crippen LogP contribution in [0.25, 0.3) is 0 Å². The molecular formula is C20H34N6O5S. The van der Waals surface area contributed by atoms with E-state index in [4.69, 9.17) is 10.8 Å². The molecule has 0 aliphatic rings. The smallest absolute Gasteiger partial charge is 0.325 e. The molecule has 4 atom stereocenters. The highest BCUT2D eigenvalue weighted by atomic mass is 32.2. The number of nitrogens with two attached hydrogens (primary N) is 1. The van der Waals surface area contributed by atoms with E-state index in [0.717, 1.165) is 0 Å². The maximum absolute atomic E-state index is 13.1. The molecule has 0 spiro atoms. The van der Waals surface area contributed by atoms with Gasteiger partial charge in [0.2, 0.25) is 17.7 Å². The molecule has 180 valence electrons. The Hall–Kier alpha value is -2.60. The van der Waals surface area contributed by atoms with E-state index in [2.05, 4.69) is 25.9 Å². The predicted molar refractivity (Wildman–Crippen MR) is 122 cm³/mol. The van der Waals surface area contributed by atoms with Crippen molar-refractivity contribution in [2.75, 3.05) is 12.0 Å². The van der Waals surface area contributed by atoms with E-state index in [1.165, 1.54) is 19.4 Å². The van der Waals surface area contributed by atoms with E-state index in [1.807, 2.05) is 20.1 Å². The van der Waals surface area contributed by atoms with Gasteiger partial charge in [0.05, 0.1) is 12.4 Å². The van der Waals surface area contributed by atoms with Gasteiger partial charge < -0.3 is 31.8 Å². The number of thioether (sulfide) groups is 1. The highest BCUT2D eigenvalue weighted by Gasteiger charge is 2.30. The summed E-state index contributed by atoms with van der Waals surface area (Å²) in [7, 11) is 0. The summed E-state index contributed by atoms with van der Waals surface area (Å²) in [6.07, 6.45) is 5.77. The summed E-state index contributed by atoms with van der Waals surface area (Å²) in [5.41, 5.74) is 6.54. The summed E-state index contributed by atoms with van der Waals surface area (Å²) < 4.78 is 0. The van der Waals surface area contributed by atoms with Crippen LogP contribution in [0.4, 0.5) is 0 Å². The van der Waals surface area contributed by atoms with E-state index in [9.17, 15) is 19.2 Å². The highest BCUT2D eigenvalue weighted by molar-refractivity contribution is 7.98. The molecule has 32 heavy (non-hydrogen) atoms. The number of carboxylic acids is 1. The Balaban J connectivity index is 2.96. The molecular weight excluding hydrogens is 436 g/mol. The van der Waals surface area contributed by atoms with Crippen LogP contribution in [0.5, 0.6) is 0 Å². The normalized spacial score (nSPS) is 14.8. The number of imidazole rings is 1. The van der Waals surface area contributed by atoms with Crippen molar-refractivity contribution in [3.63, 3.8) is 0 Å². The minimum Gasteiger partial charge on any atom is -0.480 e. The zero-order valence-corrected chi connectivity index (χ0v) is 19.7. The Morgan fingerprint density at radius 3 is 2.25 bits per heavy atom. The fraction of sp³-hybridized carbons (Fsp3) is 0.650. The largest absolute Gasteiger partial charge is 0.480 e. The SMILES string of the molecule is CSCCC(N)C(=O)NC(Cc1cnc[nH]1)C(=O)NC(CC(C)C)C(=O)NC(C)C(=O)O. The van der Waals surface area contributed by atoms with Crippen LogP contribution < -0.4 is 21.7 Å². The Kier molecular flexibility index (Phi) is 11.8. The first kappa shape index (κ1) is 27.4.